The fourth-order valence-corrected chi connectivity index (χ4v) is 3.19. The highest BCUT2D eigenvalue weighted by molar-refractivity contribution is 6.27. The summed E-state index contributed by atoms with van der Waals surface area (Å²) in [5, 5.41) is 3.21. The molecule has 0 saturated heterocycles. The predicted octanol–water partition coefficient (Wildman–Crippen LogP) is 5.02. The molecule has 144 valence electrons. The smallest absolute Gasteiger partial charge is 0.209 e. The second kappa shape index (κ2) is 8.02. The van der Waals surface area contributed by atoms with Crippen molar-refractivity contribution < 1.29 is 14.3 Å². The standard InChI is InChI=1S/C24H20N2O3/c1-28-18-9-5-7-16(13-18)25-22-15-23(24(27)21-12-4-3-11-20(21)22)26-17-8-6-10-19(14-17)29-2/h3-15,26H,1-2H3. The van der Waals surface area contributed by atoms with Crippen molar-refractivity contribution in [2.45, 2.75) is 0 Å². The summed E-state index contributed by atoms with van der Waals surface area (Å²) in [5.41, 5.74) is 4.10. The molecule has 0 unspecified atom stereocenters. The third kappa shape index (κ3) is 3.89. The molecule has 0 radical (unpaired) electrons. The van der Waals surface area contributed by atoms with Gasteiger partial charge in [-0.2, -0.15) is 0 Å². The number of Topliss-reactive ketones (excluding diaryl/α,β-unsaturated/α-hetero) is 1. The van der Waals surface area contributed by atoms with Gasteiger partial charge >= 0.3 is 0 Å². The van der Waals surface area contributed by atoms with Crippen molar-refractivity contribution in [2.24, 2.45) is 4.99 Å². The quantitative estimate of drug-likeness (QED) is 0.671. The van der Waals surface area contributed by atoms with E-state index in [2.05, 4.69) is 5.32 Å². The topological polar surface area (TPSA) is 59.9 Å². The number of carbonyl (C=O) groups is 1. The largest absolute Gasteiger partial charge is 0.497 e. The molecule has 0 atom stereocenters. The van der Waals surface area contributed by atoms with E-state index in [1.54, 1.807) is 20.3 Å². The van der Waals surface area contributed by atoms with E-state index in [1.807, 2.05) is 72.8 Å². The Morgan fingerprint density at radius 3 is 2.24 bits per heavy atom. The molecule has 0 fully saturated rings. The van der Waals surface area contributed by atoms with Gasteiger partial charge < -0.3 is 14.8 Å². The van der Waals surface area contributed by atoms with E-state index in [-0.39, 0.29) is 5.78 Å². The first-order chi connectivity index (χ1) is 14.2. The van der Waals surface area contributed by atoms with Gasteiger partial charge in [0.25, 0.3) is 0 Å². The van der Waals surface area contributed by atoms with Crippen LogP contribution in [0, 0.1) is 0 Å². The van der Waals surface area contributed by atoms with Gasteiger partial charge in [0.2, 0.25) is 5.78 Å². The van der Waals surface area contributed by atoms with Crippen LogP contribution in [0.15, 0.2) is 89.6 Å². The number of allylic oxidation sites excluding steroid dienone is 2. The number of nitrogens with zero attached hydrogens (tertiary/aromatic N) is 1. The highest BCUT2D eigenvalue weighted by Gasteiger charge is 2.24. The number of carbonyl (C=O) groups excluding carboxylic acids is 1. The fraction of sp³-hybridized carbons (Fsp3) is 0.0833. The molecule has 0 aliphatic heterocycles. The summed E-state index contributed by atoms with van der Waals surface area (Å²) in [6.07, 6.45) is 1.78. The second-order valence-electron chi connectivity index (χ2n) is 6.49. The van der Waals surface area contributed by atoms with Crippen LogP contribution in [0.1, 0.15) is 15.9 Å². The maximum Gasteiger partial charge on any atom is 0.209 e. The first kappa shape index (κ1) is 18.5. The molecular weight excluding hydrogens is 364 g/mol. The molecule has 4 rings (SSSR count). The molecule has 5 heteroatoms. The van der Waals surface area contributed by atoms with E-state index in [0.29, 0.717) is 22.7 Å². The Labute approximate surface area is 169 Å². The van der Waals surface area contributed by atoms with E-state index in [0.717, 1.165) is 22.7 Å². The SMILES string of the molecule is COc1cccc(N=C2C=C(Nc3cccc(OC)c3)C(=O)c3ccccc32)c1. The van der Waals surface area contributed by atoms with Gasteiger partial charge in [0.15, 0.2) is 0 Å². The Morgan fingerprint density at radius 1 is 0.793 bits per heavy atom. The van der Waals surface area contributed by atoms with Crippen molar-refractivity contribution in [3.05, 3.63) is 95.7 Å². The van der Waals surface area contributed by atoms with Gasteiger partial charge in [0.05, 0.1) is 31.3 Å². The molecular formula is C24H20N2O3. The maximum atomic E-state index is 13.0. The molecule has 0 heterocycles. The minimum Gasteiger partial charge on any atom is -0.497 e. The number of fused-ring (bicyclic) bond motifs is 1. The molecule has 5 nitrogen and oxygen atoms in total. The van der Waals surface area contributed by atoms with Crippen LogP contribution < -0.4 is 14.8 Å². The molecule has 3 aromatic rings. The number of aliphatic imine (C=N–C) groups is 1. The lowest BCUT2D eigenvalue weighted by Crippen LogP contribution is -2.21. The summed E-state index contributed by atoms with van der Waals surface area (Å²) in [4.78, 5) is 17.8. The van der Waals surface area contributed by atoms with Gasteiger partial charge in [0, 0.05) is 28.9 Å². The molecule has 0 amide bonds. The lowest BCUT2D eigenvalue weighted by atomic mass is 9.92. The Bertz CT molecular complexity index is 1130. The van der Waals surface area contributed by atoms with Crippen LogP contribution in [0.5, 0.6) is 11.5 Å². The van der Waals surface area contributed by atoms with Crippen molar-refractivity contribution in [1.29, 1.82) is 0 Å². The van der Waals surface area contributed by atoms with Gasteiger partial charge in [-0.3, -0.25) is 4.79 Å². The van der Waals surface area contributed by atoms with Gasteiger partial charge in [-0.05, 0) is 30.3 Å². The number of ketones is 1. The van der Waals surface area contributed by atoms with Crippen molar-refractivity contribution >= 4 is 22.9 Å². The second-order valence-corrected chi connectivity index (χ2v) is 6.49. The van der Waals surface area contributed by atoms with Crippen molar-refractivity contribution in [2.75, 3.05) is 19.5 Å². The van der Waals surface area contributed by atoms with Crippen LogP contribution >= 0.6 is 0 Å². The monoisotopic (exact) mass is 384 g/mol. The Balaban J connectivity index is 1.77. The number of hydrogen-bond donors (Lipinski definition) is 1. The third-order valence-corrected chi connectivity index (χ3v) is 4.62. The van der Waals surface area contributed by atoms with E-state index < -0.39 is 0 Å². The zero-order valence-electron chi connectivity index (χ0n) is 16.2. The number of benzene rings is 3. The Kier molecular flexibility index (Phi) is 5.12. The summed E-state index contributed by atoms with van der Waals surface area (Å²) in [5.74, 6) is 1.36. The number of nitrogens with one attached hydrogen (secondary N) is 1. The number of anilines is 1. The lowest BCUT2D eigenvalue weighted by Gasteiger charge is -2.19. The highest BCUT2D eigenvalue weighted by atomic mass is 16.5. The van der Waals surface area contributed by atoms with Crippen molar-refractivity contribution in [3.8, 4) is 11.5 Å². The molecule has 1 N–H and O–H groups in total. The average molecular weight is 384 g/mol. The van der Waals surface area contributed by atoms with E-state index in [1.165, 1.54) is 0 Å². The predicted molar refractivity (Wildman–Crippen MR) is 115 cm³/mol. The summed E-state index contributed by atoms with van der Waals surface area (Å²) in [7, 11) is 3.23. The Morgan fingerprint density at radius 2 is 1.48 bits per heavy atom. The first-order valence-corrected chi connectivity index (χ1v) is 9.17. The van der Waals surface area contributed by atoms with Crippen LogP contribution in [0.4, 0.5) is 11.4 Å². The number of hydrogen-bond acceptors (Lipinski definition) is 5. The minimum atomic E-state index is -0.0759. The number of ether oxygens (including phenoxy) is 2. The van der Waals surface area contributed by atoms with Crippen molar-refractivity contribution in [3.63, 3.8) is 0 Å². The number of methoxy groups -OCH3 is 2. The molecule has 0 spiro atoms. The van der Waals surface area contributed by atoms with Gasteiger partial charge in [-0.25, -0.2) is 4.99 Å². The highest BCUT2D eigenvalue weighted by Crippen LogP contribution is 2.27. The van der Waals surface area contributed by atoms with E-state index in [4.69, 9.17) is 14.5 Å². The molecule has 0 aromatic heterocycles. The lowest BCUT2D eigenvalue weighted by molar-refractivity contribution is 0.103. The molecule has 29 heavy (non-hydrogen) atoms. The van der Waals surface area contributed by atoms with E-state index >= 15 is 0 Å². The molecule has 1 aliphatic rings. The average Bonchev–Trinajstić information content (AvgIpc) is 2.77. The van der Waals surface area contributed by atoms with Gasteiger partial charge in [0.1, 0.15) is 11.5 Å². The van der Waals surface area contributed by atoms with E-state index in [9.17, 15) is 4.79 Å². The fourth-order valence-electron chi connectivity index (χ4n) is 3.19. The molecule has 0 bridgehead atoms. The molecule has 1 aliphatic carbocycles. The van der Waals surface area contributed by atoms with Crippen LogP contribution in [-0.4, -0.2) is 25.7 Å². The summed E-state index contributed by atoms with van der Waals surface area (Å²) >= 11 is 0. The third-order valence-electron chi connectivity index (χ3n) is 4.62. The van der Waals surface area contributed by atoms with Crippen LogP contribution in [0.2, 0.25) is 0 Å². The maximum absolute atomic E-state index is 13.0. The zero-order valence-corrected chi connectivity index (χ0v) is 16.2. The van der Waals surface area contributed by atoms with Crippen LogP contribution in [0.3, 0.4) is 0 Å². The summed E-state index contributed by atoms with van der Waals surface area (Å²) < 4.78 is 10.6. The van der Waals surface area contributed by atoms with Crippen LogP contribution in [0.25, 0.3) is 0 Å². The Hall–Kier alpha value is -3.86. The normalized spacial score (nSPS) is 14.2. The van der Waals surface area contributed by atoms with Gasteiger partial charge in [-0.15, -0.1) is 0 Å². The van der Waals surface area contributed by atoms with Crippen molar-refractivity contribution in [1.82, 2.24) is 0 Å². The minimum absolute atomic E-state index is 0.0759. The van der Waals surface area contributed by atoms with Crippen LogP contribution in [-0.2, 0) is 0 Å². The first-order valence-electron chi connectivity index (χ1n) is 9.17. The molecule has 0 saturated carbocycles. The zero-order chi connectivity index (χ0) is 20.2. The summed E-state index contributed by atoms with van der Waals surface area (Å²) in [6.45, 7) is 0. The molecule has 3 aromatic carbocycles. The number of rotatable bonds is 5. The summed E-state index contributed by atoms with van der Waals surface area (Å²) in [6, 6.07) is 22.4. The van der Waals surface area contributed by atoms with Gasteiger partial charge in [-0.1, -0.05) is 36.4 Å².